The quantitative estimate of drug-likeness (QED) is 0.387. The van der Waals surface area contributed by atoms with E-state index in [-0.39, 0.29) is 22.3 Å². The van der Waals surface area contributed by atoms with E-state index in [0.29, 0.717) is 5.75 Å². The van der Waals surface area contributed by atoms with Crippen molar-refractivity contribution in [2.75, 3.05) is 17.4 Å². The van der Waals surface area contributed by atoms with E-state index in [4.69, 9.17) is 5.84 Å². The monoisotopic (exact) mass is 320 g/mol. The molecule has 8 nitrogen and oxygen atoms in total. The third-order valence-electron chi connectivity index (χ3n) is 2.40. The van der Waals surface area contributed by atoms with Crippen LogP contribution in [-0.4, -0.2) is 31.4 Å². The van der Waals surface area contributed by atoms with Gasteiger partial charge >= 0.3 is 0 Å². The summed E-state index contributed by atoms with van der Waals surface area (Å²) < 4.78 is 26.7. The Labute approximate surface area is 121 Å². The number of nitrogen functional groups attached to an aromatic ring is 1. The Balaban J connectivity index is 3.10. The van der Waals surface area contributed by atoms with Gasteiger partial charge in [-0.25, -0.2) is 13.1 Å². The maximum atomic E-state index is 12.1. The van der Waals surface area contributed by atoms with Crippen LogP contribution in [0.3, 0.4) is 0 Å². The Hall–Kier alpha value is -1.36. The highest BCUT2D eigenvalue weighted by Crippen LogP contribution is 2.26. The van der Waals surface area contributed by atoms with Gasteiger partial charge in [0.25, 0.3) is 5.69 Å². The van der Waals surface area contributed by atoms with Crippen LogP contribution in [0.1, 0.15) is 6.92 Å². The average molecular weight is 320 g/mol. The molecule has 0 spiro atoms. The van der Waals surface area contributed by atoms with Crippen LogP contribution in [0.4, 0.5) is 11.4 Å². The zero-order valence-corrected chi connectivity index (χ0v) is 12.6. The molecule has 0 aliphatic rings. The number of nitrogens with one attached hydrogen (secondary N) is 2. The van der Waals surface area contributed by atoms with Gasteiger partial charge in [-0.2, -0.15) is 11.8 Å². The number of nitrogens with zero attached hydrogens (tertiary/aromatic N) is 1. The molecule has 112 valence electrons. The average Bonchev–Trinajstić information content (AvgIpc) is 2.37. The Morgan fingerprint density at radius 2 is 2.15 bits per heavy atom. The Kier molecular flexibility index (Phi) is 5.74. The van der Waals surface area contributed by atoms with Crippen LogP contribution in [0.25, 0.3) is 0 Å². The molecule has 0 aliphatic carbocycles. The van der Waals surface area contributed by atoms with Crippen molar-refractivity contribution in [3.05, 3.63) is 28.3 Å². The molecule has 0 heterocycles. The van der Waals surface area contributed by atoms with Crippen LogP contribution >= 0.6 is 11.8 Å². The second-order valence-electron chi connectivity index (χ2n) is 4.06. The molecule has 4 N–H and O–H groups in total. The number of nitro groups is 1. The summed E-state index contributed by atoms with van der Waals surface area (Å²) in [5.74, 6) is 5.80. The second kappa shape index (κ2) is 6.88. The Morgan fingerprint density at radius 3 is 2.65 bits per heavy atom. The van der Waals surface area contributed by atoms with Crippen molar-refractivity contribution < 1.29 is 13.3 Å². The van der Waals surface area contributed by atoms with Gasteiger partial charge in [-0.05, 0) is 25.3 Å². The topological polar surface area (TPSA) is 127 Å². The van der Waals surface area contributed by atoms with Gasteiger partial charge in [0.05, 0.1) is 9.82 Å². The number of hydrogen-bond donors (Lipinski definition) is 3. The first kappa shape index (κ1) is 16.7. The molecule has 0 fully saturated rings. The third-order valence-corrected chi connectivity index (χ3v) is 4.82. The van der Waals surface area contributed by atoms with Crippen molar-refractivity contribution in [1.82, 2.24) is 4.72 Å². The lowest BCUT2D eigenvalue weighted by molar-refractivity contribution is -0.384. The normalized spacial score (nSPS) is 12.9. The zero-order valence-electron chi connectivity index (χ0n) is 11.0. The minimum atomic E-state index is -3.74. The van der Waals surface area contributed by atoms with E-state index in [1.807, 2.05) is 6.26 Å². The molecule has 1 aromatic carbocycles. The number of nitrogens with two attached hydrogens (primary N) is 1. The van der Waals surface area contributed by atoms with Crippen LogP contribution < -0.4 is 16.0 Å². The van der Waals surface area contributed by atoms with Crippen LogP contribution in [0, 0.1) is 10.1 Å². The van der Waals surface area contributed by atoms with E-state index in [1.54, 1.807) is 6.92 Å². The standard InChI is InChI=1S/C10H16N4O4S2/c1-7(6-19-2)13-20(17,18)8-3-4-10(14(15)16)9(5-8)12-11/h3-5,7,12-13H,6,11H2,1-2H3. The summed E-state index contributed by atoms with van der Waals surface area (Å²) in [5.41, 5.74) is 1.78. The molecule has 1 rings (SSSR count). The van der Waals surface area contributed by atoms with Crippen molar-refractivity contribution in [1.29, 1.82) is 0 Å². The number of thioether (sulfide) groups is 1. The van der Waals surface area contributed by atoms with Crippen molar-refractivity contribution in [3.8, 4) is 0 Å². The number of anilines is 1. The minimum Gasteiger partial charge on any atom is -0.318 e. The highest BCUT2D eigenvalue weighted by atomic mass is 32.2. The fourth-order valence-corrected chi connectivity index (χ4v) is 3.53. The molecule has 0 aromatic heterocycles. The van der Waals surface area contributed by atoms with E-state index >= 15 is 0 Å². The van der Waals surface area contributed by atoms with Gasteiger partial charge in [-0.1, -0.05) is 0 Å². The lowest BCUT2D eigenvalue weighted by Gasteiger charge is -2.13. The molecule has 1 aromatic rings. The van der Waals surface area contributed by atoms with Crippen LogP contribution in [-0.2, 0) is 10.0 Å². The van der Waals surface area contributed by atoms with Crippen molar-refractivity contribution in [3.63, 3.8) is 0 Å². The summed E-state index contributed by atoms with van der Waals surface area (Å²) >= 11 is 1.51. The molecule has 20 heavy (non-hydrogen) atoms. The molecule has 0 saturated carbocycles. The number of rotatable bonds is 7. The first-order valence-corrected chi connectivity index (χ1v) is 8.46. The number of nitro benzene ring substituents is 1. The summed E-state index contributed by atoms with van der Waals surface area (Å²) in [6.45, 7) is 1.74. The second-order valence-corrected chi connectivity index (χ2v) is 6.68. The van der Waals surface area contributed by atoms with Gasteiger partial charge in [0.15, 0.2) is 0 Å². The van der Waals surface area contributed by atoms with Gasteiger partial charge < -0.3 is 5.43 Å². The molecule has 0 aliphatic heterocycles. The van der Waals surface area contributed by atoms with Gasteiger partial charge in [-0.15, -0.1) is 0 Å². The fraction of sp³-hybridized carbons (Fsp3) is 0.400. The van der Waals surface area contributed by atoms with Gasteiger partial charge in [0.2, 0.25) is 10.0 Å². The molecule has 0 saturated heterocycles. The number of benzene rings is 1. The molecule has 1 unspecified atom stereocenters. The number of hydrazine groups is 1. The molecular weight excluding hydrogens is 304 g/mol. The van der Waals surface area contributed by atoms with E-state index in [1.165, 1.54) is 17.8 Å². The lowest BCUT2D eigenvalue weighted by Crippen LogP contribution is -2.34. The highest BCUT2D eigenvalue weighted by molar-refractivity contribution is 7.98. The Morgan fingerprint density at radius 1 is 1.50 bits per heavy atom. The predicted molar refractivity (Wildman–Crippen MR) is 79.1 cm³/mol. The van der Waals surface area contributed by atoms with E-state index in [0.717, 1.165) is 12.1 Å². The fourth-order valence-electron chi connectivity index (χ4n) is 1.57. The van der Waals surface area contributed by atoms with Crippen molar-refractivity contribution >= 4 is 33.2 Å². The maximum absolute atomic E-state index is 12.1. The third kappa shape index (κ3) is 4.07. The summed E-state index contributed by atoms with van der Waals surface area (Å²) in [6.07, 6.45) is 1.87. The molecule has 0 bridgehead atoms. The summed E-state index contributed by atoms with van der Waals surface area (Å²) in [6, 6.07) is 3.15. The van der Waals surface area contributed by atoms with Crippen molar-refractivity contribution in [2.45, 2.75) is 17.9 Å². The molecule has 0 amide bonds. The maximum Gasteiger partial charge on any atom is 0.293 e. The zero-order chi connectivity index (χ0) is 15.3. The van der Waals surface area contributed by atoms with Gasteiger partial charge in [0, 0.05) is 17.9 Å². The van der Waals surface area contributed by atoms with Gasteiger partial charge in [-0.3, -0.25) is 16.0 Å². The number of sulfonamides is 1. The van der Waals surface area contributed by atoms with Crippen LogP contribution in [0.5, 0.6) is 0 Å². The Bertz CT molecular complexity index is 591. The van der Waals surface area contributed by atoms with Crippen LogP contribution in [0.2, 0.25) is 0 Å². The lowest BCUT2D eigenvalue weighted by atomic mass is 10.3. The SMILES string of the molecule is CSCC(C)NS(=O)(=O)c1ccc([N+](=O)[O-])c(NN)c1. The molecular formula is C10H16N4O4S2. The molecule has 1 atom stereocenters. The van der Waals surface area contributed by atoms with E-state index in [9.17, 15) is 18.5 Å². The largest absolute Gasteiger partial charge is 0.318 e. The summed E-state index contributed by atoms with van der Waals surface area (Å²) in [7, 11) is -3.74. The minimum absolute atomic E-state index is 0.0598. The first-order chi connectivity index (χ1) is 9.31. The highest BCUT2D eigenvalue weighted by Gasteiger charge is 2.21. The van der Waals surface area contributed by atoms with E-state index in [2.05, 4.69) is 10.1 Å². The van der Waals surface area contributed by atoms with Crippen LogP contribution in [0.15, 0.2) is 23.1 Å². The molecule has 10 heteroatoms. The first-order valence-electron chi connectivity index (χ1n) is 5.58. The summed E-state index contributed by atoms with van der Waals surface area (Å²) in [5, 5.41) is 10.7. The smallest absolute Gasteiger partial charge is 0.293 e. The van der Waals surface area contributed by atoms with Crippen molar-refractivity contribution in [2.24, 2.45) is 5.84 Å². The summed E-state index contributed by atoms with van der Waals surface area (Å²) in [4.78, 5) is 10.0. The van der Waals surface area contributed by atoms with E-state index < -0.39 is 14.9 Å². The van der Waals surface area contributed by atoms with Gasteiger partial charge in [0.1, 0.15) is 5.69 Å². The molecule has 0 radical (unpaired) electrons. The number of hydrogen-bond acceptors (Lipinski definition) is 7. The predicted octanol–water partition coefficient (Wildman–Crippen LogP) is 0.910.